The summed E-state index contributed by atoms with van der Waals surface area (Å²) in [6.45, 7) is 0.695. The second kappa shape index (κ2) is 8.22. The van der Waals surface area contributed by atoms with E-state index in [1.807, 2.05) is 30.3 Å². The number of hydrogen-bond donors (Lipinski definition) is 1. The molecule has 0 saturated carbocycles. The standard InChI is InChI=1S/C21H21N5O3/c27-19(14-26-21(29)17-10-4-5-11-18(17)23-24-26)25-12-6-7-15(13-25)20(28)22-16-8-2-1-3-9-16/h1-5,8-11,15H,6-7,12-14H2,(H,22,28). The van der Waals surface area contributed by atoms with Crippen LogP contribution in [0.5, 0.6) is 0 Å². The number of aromatic nitrogens is 3. The smallest absolute Gasteiger partial charge is 0.278 e. The first-order valence-electron chi connectivity index (χ1n) is 9.58. The van der Waals surface area contributed by atoms with Gasteiger partial charge in [0, 0.05) is 18.8 Å². The van der Waals surface area contributed by atoms with E-state index in [-0.39, 0.29) is 29.8 Å². The molecular weight excluding hydrogens is 370 g/mol. The summed E-state index contributed by atoms with van der Waals surface area (Å²) in [5.74, 6) is -0.627. The minimum Gasteiger partial charge on any atom is -0.340 e. The Labute approximate surface area is 167 Å². The SMILES string of the molecule is O=C(Nc1ccccc1)C1CCCN(C(=O)Cn2nnc3ccccc3c2=O)C1. The number of carbonyl (C=O) groups excluding carboxylic acids is 2. The molecule has 1 fully saturated rings. The number of anilines is 1. The van der Waals surface area contributed by atoms with Crippen LogP contribution < -0.4 is 10.9 Å². The Hall–Kier alpha value is -3.55. The number of hydrogen-bond acceptors (Lipinski definition) is 5. The number of piperidine rings is 1. The summed E-state index contributed by atoms with van der Waals surface area (Å²) in [4.78, 5) is 39.5. The molecule has 0 bridgehead atoms. The molecular formula is C21H21N5O3. The van der Waals surface area contributed by atoms with Gasteiger partial charge in [0.05, 0.1) is 11.3 Å². The second-order valence-corrected chi connectivity index (χ2v) is 7.10. The summed E-state index contributed by atoms with van der Waals surface area (Å²) in [5, 5.41) is 11.2. The van der Waals surface area contributed by atoms with Gasteiger partial charge in [-0.2, -0.15) is 0 Å². The van der Waals surface area contributed by atoms with E-state index in [4.69, 9.17) is 0 Å². The van der Waals surface area contributed by atoms with Gasteiger partial charge in [-0.1, -0.05) is 35.5 Å². The molecule has 1 aliphatic rings. The van der Waals surface area contributed by atoms with Crippen LogP contribution in [-0.2, 0) is 16.1 Å². The van der Waals surface area contributed by atoms with Crippen molar-refractivity contribution in [2.45, 2.75) is 19.4 Å². The van der Waals surface area contributed by atoms with E-state index in [2.05, 4.69) is 15.6 Å². The molecule has 3 aromatic rings. The van der Waals surface area contributed by atoms with Crippen LogP contribution in [0.2, 0.25) is 0 Å². The van der Waals surface area contributed by atoms with Crippen LogP contribution in [0.4, 0.5) is 5.69 Å². The number of amides is 2. The monoisotopic (exact) mass is 391 g/mol. The van der Waals surface area contributed by atoms with E-state index in [9.17, 15) is 14.4 Å². The van der Waals surface area contributed by atoms with Crippen molar-refractivity contribution >= 4 is 28.4 Å². The van der Waals surface area contributed by atoms with Gasteiger partial charge in [-0.3, -0.25) is 14.4 Å². The molecule has 0 spiro atoms. The Bertz CT molecular complexity index is 1100. The predicted octanol–water partition coefficient (Wildman–Crippen LogP) is 1.67. The highest BCUT2D eigenvalue weighted by molar-refractivity contribution is 5.93. The Balaban J connectivity index is 1.43. The lowest BCUT2D eigenvalue weighted by molar-refractivity contribution is -0.135. The second-order valence-electron chi connectivity index (χ2n) is 7.10. The molecule has 2 amide bonds. The van der Waals surface area contributed by atoms with Crippen molar-refractivity contribution in [2.75, 3.05) is 18.4 Å². The number of benzene rings is 2. The fourth-order valence-corrected chi connectivity index (χ4v) is 3.54. The molecule has 1 aliphatic heterocycles. The van der Waals surface area contributed by atoms with Gasteiger partial charge in [0.1, 0.15) is 12.1 Å². The summed E-state index contributed by atoms with van der Waals surface area (Å²) in [6, 6.07) is 16.1. The maximum absolute atomic E-state index is 12.7. The van der Waals surface area contributed by atoms with E-state index in [1.165, 1.54) is 0 Å². The first kappa shape index (κ1) is 18.8. The van der Waals surface area contributed by atoms with Gasteiger partial charge in [0.25, 0.3) is 5.56 Å². The van der Waals surface area contributed by atoms with Gasteiger partial charge < -0.3 is 10.2 Å². The summed E-state index contributed by atoms with van der Waals surface area (Å²) in [6.07, 6.45) is 1.45. The van der Waals surface area contributed by atoms with Gasteiger partial charge in [-0.15, -0.1) is 5.10 Å². The van der Waals surface area contributed by atoms with Gasteiger partial charge in [0.2, 0.25) is 11.8 Å². The highest BCUT2D eigenvalue weighted by Crippen LogP contribution is 2.19. The number of fused-ring (bicyclic) bond motifs is 1. The predicted molar refractivity (Wildman–Crippen MR) is 108 cm³/mol. The molecule has 1 atom stereocenters. The average molecular weight is 391 g/mol. The largest absolute Gasteiger partial charge is 0.340 e. The molecule has 0 aliphatic carbocycles. The molecule has 8 heteroatoms. The normalized spacial score (nSPS) is 16.6. The lowest BCUT2D eigenvalue weighted by Crippen LogP contribution is -2.46. The topological polar surface area (TPSA) is 97.2 Å². The molecule has 1 N–H and O–H groups in total. The quantitative estimate of drug-likeness (QED) is 0.730. The Morgan fingerprint density at radius 2 is 1.83 bits per heavy atom. The zero-order valence-corrected chi connectivity index (χ0v) is 15.8. The zero-order chi connectivity index (χ0) is 20.2. The van der Waals surface area contributed by atoms with Crippen molar-refractivity contribution < 1.29 is 9.59 Å². The van der Waals surface area contributed by atoms with Gasteiger partial charge in [-0.05, 0) is 37.1 Å². The van der Waals surface area contributed by atoms with Crippen LogP contribution in [0, 0.1) is 5.92 Å². The molecule has 148 valence electrons. The van der Waals surface area contributed by atoms with Crippen LogP contribution in [0.15, 0.2) is 59.4 Å². The zero-order valence-electron chi connectivity index (χ0n) is 15.8. The minimum absolute atomic E-state index is 0.101. The van der Waals surface area contributed by atoms with Crippen LogP contribution >= 0.6 is 0 Å². The third-order valence-corrected chi connectivity index (χ3v) is 5.10. The van der Waals surface area contributed by atoms with Crippen molar-refractivity contribution in [1.82, 2.24) is 19.9 Å². The van der Waals surface area contributed by atoms with Crippen molar-refractivity contribution in [1.29, 1.82) is 0 Å². The molecule has 4 rings (SSSR count). The Morgan fingerprint density at radius 1 is 1.07 bits per heavy atom. The van der Waals surface area contributed by atoms with Crippen LogP contribution in [0.25, 0.3) is 10.9 Å². The molecule has 2 aromatic carbocycles. The van der Waals surface area contributed by atoms with Gasteiger partial charge >= 0.3 is 0 Å². The molecule has 0 radical (unpaired) electrons. The summed E-state index contributed by atoms with van der Waals surface area (Å²) < 4.78 is 1.08. The van der Waals surface area contributed by atoms with Gasteiger partial charge in [0.15, 0.2) is 0 Å². The minimum atomic E-state index is -0.348. The summed E-state index contributed by atoms with van der Waals surface area (Å²) in [7, 11) is 0. The molecule has 8 nitrogen and oxygen atoms in total. The maximum Gasteiger partial charge on any atom is 0.278 e. The first-order chi connectivity index (χ1) is 14.1. The van der Waals surface area contributed by atoms with Crippen molar-refractivity contribution in [3.05, 3.63) is 65.0 Å². The average Bonchev–Trinajstić information content (AvgIpc) is 2.76. The summed E-state index contributed by atoms with van der Waals surface area (Å²) >= 11 is 0. The fourth-order valence-electron chi connectivity index (χ4n) is 3.54. The number of nitrogens with one attached hydrogen (secondary N) is 1. The van der Waals surface area contributed by atoms with Crippen molar-refractivity contribution in [2.24, 2.45) is 5.92 Å². The maximum atomic E-state index is 12.7. The Kier molecular flexibility index (Phi) is 5.33. The first-order valence-corrected chi connectivity index (χ1v) is 9.58. The molecule has 1 unspecified atom stereocenters. The number of rotatable bonds is 4. The molecule has 29 heavy (non-hydrogen) atoms. The molecule has 1 aromatic heterocycles. The third-order valence-electron chi connectivity index (χ3n) is 5.10. The van der Waals surface area contributed by atoms with E-state index in [1.54, 1.807) is 29.2 Å². The van der Waals surface area contributed by atoms with Gasteiger partial charge in [-0.25, -0.2) is 4.68 Å². The van der Waals surface area contributed by atoms with E-state index < -0.39 is 0 Å². The van der Waals surface area contributed by atoms with Crippen LogP contribution in [0.3, 0.4) is 0 Å². The summed E-state index contributed by atoms with van der Waals surface area (Å²) in [5.41, 5.74) is 0.884. The van der Waals surface area contributed by atoms with E-state index in [0.29, 0.717) is 24.0 Å². The van der Waals surface area contributed by atoms with Crippen molar-refractivity contribution in [3.63, 3.8) is 0 Å². The number of nitrogens with zero attached hydrogens (tertiary/aromatic N) is 4. The van der Waals surface area contributed by atoms with E-state index in [0.717, 1.165) is 23.2 Å². The fraction of sp³-hybridized carbons (Fsp3) is 0.286. The lowest BCUT2D eigenvalue weighted by Gasteiger charge is -2.32. The van der Waals surface area contributed by atoms with Crippen molar-refractivity contribution in [3.8, 4) is 0 Å². The van der Waals surface area contributed by atoms with E-state index >= 15 is 0 Å². The highest BCUT2D eigenvalue weighted by atomic mass is 16.2. The van der Waals surface area contributed by atoms with Crippen LogP contribution in [0.1, 0.15) is 12.8 Å². The lowest BCUT2D eigenvalue weighted by atomic mass is 9.97. The molecule has 2 heterocycles. The number of para-hydroxylation sites is 1. The third kappa shape index (κ3) is 4.16. The highest BCUT2D eigenvalue weighted by Gasteiger charge is 2.29. The Morgan fingerprint density at radius 3 is 2.66 bits per heavy atom. The number of carbonyl (C=O) groups is 2. The number of likely N-dealkylation sites (tertiary alicyclic amines) is 1. The van der Waals surface area contributed by atoms with Crippen LogP contribution in [-0.4, -0.2) is 44.8 Å². The molecule has 1 saturated heterocycles.